The molecule has 0 aliphatic rings. The third-order valence-electron chi connectivity index (χ3n) is 2.32. The molecule has 0 aliphatic carbocycles. The Morgan fingerprint density at radius 1 is 1.28 bits per heavy atom. The van der Waals surface area contributed by atoms with Crippen LogP contribution >= 0.6 is 22.9 Å². The van der Waals surface area contributed by atoms with Crippen LogP contribution in [-0.4, -0.2) is 12.5 Å². The highest BCUT2D eigenvalue weighted by molar-refractivity contribution is 7.09. The lowest BCUT2D eigenvalue weighted by Crippen LogP contribution is -2.29. The highest BCUT2D eigenvalue weighted by Gasteiger charge is 2.01. The average Bonchev–Trinajstić information content (AvgIpc) is 2.87. The zero-order chi connectivity index (χ0) is 12.8. The summed E-state index contributed by atoms with van der Waals surface area (Å²) in [6.07, 6.45) is 0. The second kappa shape index (κ2) is 6.42. The van der Waals surface area contributed by atoms with E-state index in [0.29, 0.717) is 11.6 Å². The van der Waals surface area contributed by atoms with Gasteiger partial charge in [0.25, 0.3) is 0 Å². The molecule has 0 saturated carbocycles. The Morgan fingerprint density at radius 2 is 2.17 bits per heavy atom. The number of hydrogen-bond donors (Lipinski definition) is 2. The predicted octanol–water partition coefficient (Wildman–Crippen LogP) is 3.13. The first kappa shape index (κ1) is 12.9. The minimum absolute atomic E-state index is 0.0385. The number of carbonyl (C=O) groups excluding carboxylic acids is 1. The van der Waals surface area contributed by atoms with Crippen LogP contribution in [0.3, 0.4) is 0 Å². The fourth-order valence-corrected chi connectivity index (χ4v) is 2.28. The van der Waals surface area contributed by atoms with Crippen LogP contribution < -0.4 is 10.6 Å². The van der Waals surface area contributed by atoms with Gasteiger partial charge in [0.2, 0.25) is 5.91 Å². The molecule has 3 nitrogen and oxygen atoms in total. The zero-order valence-corrected chi connectivity index (χ0v) is 11.2. The standard InChI is InChI=1S/C13H13ClN2OS/c14-10-3-1-4-11(7-10)15-9-13(17)16-8-12-5-2-6-18-12/h1-7,15H,8-9H2,(H,16,17). The zero-order valence-electron chi connectivity index (χ0n) is 9.65. The van der Waals surface area contributed by atoms with Crippen molar-refractivity contribution < 1.29 is 4.79 Å². The third kappa shape index (κ3) is 4.05. The number of anilines is 1. The lowest BCUT2D eigenvalue weighted by atomic mass is 10.3. The van der Waals surface area contributed by atoms with Crippen molar-refractivity contribution in [1.82, 2.24) is 5.32 Å². The van der Waals surface area contributed by atoms with Crippen LogP contribution in [0.15, 0.2) is 41.8 Å². The normalized spacial score (nSPS) is 10.1. The Kier molecular flexibility index (Phi) is 4.61. The van der Waals surface area contributed by atoms with Crippen molar-refractivity contribution in [2.45, 2.75) is 6.54 Å². The molecule has 1 aromatic carbocycles. The maximum absolute atomic E-state index is 11.6. The smallest absolute Gasteiger partial charge is 0.239 e. The van der Waals surface area contributed by atoms with Crippen LogP contribution in [0.25, 0.3) is 0 Å². The molecule has 0 saturated heterocycles. The third-order valence-corrected chi connectivity index (χ3v) is 3.43. The Hall–Kier alpha value is -1.52. The van der Waals surface area contributed by atoms with E-state index in [1.807, 2.05) is 29.6 Å². The van der Waals surface area contributed by atoms with Gasteiger partial charge in [-0.25, -0.2) is 0 Å². The van der Waals surface area contributed by atoms with Gasteiger partial charge in [-0.15, -0.1) is 11.3 Å². The van der Waals surface area contributed by atoms with Crippen molar-refractivity contribution in [3.8, 4) is 0 Å². The molecule has 5 heteroatoms. The van der Waals surface area contributed by atoms with Gasteiger partial charge in [0, 0.05) is 15.6 Å². The highest BCUT2D eigenvalue weighted by Crippen LogP contribution is 2.14. The molecule has 0 unspecified atom stereocenters. The molecule has 0 bridgehead atoms. The van der Waals surface area contributed by atoms with Gasteiger partial charge < -0.3 is 10.6 Å². The van der Waals surface area contributed by atoms with Crippen LogP contribution in [0.1, 0.15) is 4.88 Å². The summed E-state index contributed by atoms with van der Waals surface area (Å²) in [5.41, 5.74) is 0.841. The second-order valence-corrected chi connectivity index (χ2v) is 5.19. The molecule has 2 rings (SSSR count). The van der Waals surface area contributed by atoms with Gasteiger partial charge in [0.05, 0.1) is 13.1 Å². The van der Waals surface area contributed by atoms with E-state index in [9.17, 15) is 4.79 Å². The van der Waals surface area contributed by atoms with Gasteiger partial charge in [-0.05, 0) is 29.6 Å². The number of halogens is 1. The molecule has 0 aliphatic heterocycles. The molecule has 94 valence electrons. The number of amides is 1. The van der Waals surface area contributed by atoms with E-state index >= 15 is 0 Å². The summed E-state index contributed by atoms with van der Waals surface area (Å²) in [4.78, 5) is 12.7. The number of nitrogens with one attached hydrogen (secondary N) is 2. The Morgan fingerprint density at radius 3 is 2.89 bits per heavy atom. The molecule has 0 atom stereocenters. The monoisotopic (exact) mass is 280 g/mol. The van der Waals surface area contributed by atoms with Crippen LogP contribution in [0.2, 0.25) is 5.02 Å². The highest BCUT2D eigenvalue weighted by atomic mass is 35.5. The maximum Gasteiger partial charge on any atom is 0.239 e. The predicted molar refractivity (Wildman–Crippen MR) is 76.1 cm³/mol. The Labute approximate surface area is 115 Å². The molecule has 18 heavy (non-hydrogen) atoms. The van der Waals surface area contributed by atoms with E-state index in [-0.39, 0.29) is 12.5 Å². The van der Waals surface area contributed by atoms with Crippen LogP contribution in [0.5, 0.6) is 0 Å². The van der Waals surface area contributed by atoms with E-state index in [4.69, 9.17) is 11.6 Å². The number of rotatable bonds is 5. The molecule has 1 amide bonds. The summed E-state index contributed by atoms with van der Waals surface area (Å²) in [6, 6.07) is 11.3. The minimum atomic E-state index is -0.0385. The number of thiophene rings is 1. The summed E-state index contributed by atoms with van der Waals surface area (Å²) >= 11 is 7.48. The van der Waals surface area contributed by atoms with Gasteiger partial charge >= 0.3 is 0 Å². The first-order chi connectivity index (χ1) is 8.74. The Balaban J connectivity index is 1.75. The molecule has 1 aromatic heterocycles. The number of carbonyl (C=O) groups is 1. The SMILES string of the molecule is O=C(CNc1cccc(Cl)c1)NCc1cccs1. The molecule has 0 fully saturated rings. The van der Waals surface area contributed by atoms with Crippen molar-refractivity contribution in [2.24, 2.45) is 0 Å². The van der Waals surface area contributed by atoms with Gasteiger partial charge in [-0.2, -0.15) is 0 Å². The van der Waals surface area contributed by atoms with Gasteiger partial charge in [-0.1, -0.05) is 23.7 Å². The van der Waals surface area contributed by atoms with E-state index in [1.54, 1.807) is 23.5 Å². The van der Waals surface area contributed by atoms with E-state index in [1.165, 1.54) is 0 Å². The summed E-state index contributed by atoms with van der Waals surface area (Å²) < 4.78 is 0. The molecule has 0 spiro atoms. The maximum atomic E-state index is 11.6. The topological polar surface area (TPSA) is 41.1 Å². The molecular weight excluding hydrogens is 268 g/mol. The van der Waals surface area contributed by atoms with E-state index in [0.717, 1.165) is 10.6 Å². The molecule has 2 aromatic rings. The van der Waals surface area contributed by atoms with Crippen molar-refractivity contribution >= 4 is 34.5 Å². The van der Waals surface area contributed by atoms with Crippen molar-refractivity contribution in [3.63, 3.8) is 0 Å². The summed E-state index contributed by atoms with van der Waals surface area (Å²) in [6.45, 7) is 0.819. The average molecular weight is 281 g/mol. The molecule has 0 radical (unpaired) electrons. The number of benzene rings is 1. The first-order valence-corrected chi connectivity index (χ1v) is 6.78. The van der Waals surface area contributed by atoms with Crippen molar-refractivity contribution in [2.75, 3.05) is 11.9 Å². The van der Waals surface area contributed by atoms with Crippen LogP contribution in [-0.2, 0) is 11.3 Å². The van der Waals surface area contributed by atoms with Crippen molar-refractivity contribution in [3.05, 3.63) is 51.7 Å². The fourth-order valence-electron chi connectivity index (χ4n) is 1.44. The van der Waals surface area contributed by atoms with Crippen LogP contribution in [0, 0.1) is 0 Å². The molecular formula is C13H13ClN2OS. The summed E-state index contributed by atoms with van der Waals surface area (Å²) in [7, 11) is 0. The van der Waals surface area contributed by atoms with Crippen molar-refractivity contribution in [1.29, 1.82) is 0 Å². The summed E-state index contributed by atoms with van der Waals surface area (Å²) in [5.74, 6) is -0.0385. The lowest BCUT2D eigenvalue weighted by Gasteiger charge is -2.07. The first-order valence-electron chi connectivity index (χ1n) is 5.52. The van der Waals surface area contributed by atoms with E-state index < -0.39 is 0 Å². The second-order valence-electron chi connectivity index (χ2n) is 3.72. The lowest BCUT2D eigenvalue weighted by molar-refractivity contribution is -0.119. The Bertz CT molecular complexity index is 513. The quantitative estimate of drug-likeness (QED) is 0.883. The van der Waals surface area contributed by atoms with Gasteiger partial charge in [0.1, 0.15) is 0 Å². The van der Waals surface area contributed by atoms with E-state index in [2.05, 4.69) is 10.6 Å². The summed E-state index contributed by atoms with van der Waals surface area (Å²) in [5, 5.41) is 8.51. The largest absolute Gasteiger partial charge is 0.376 e. The molecule has 2 N–H and O–H groups in total. The minimum Gasteiger partial charge on any atom is -0.376 e. The van der Waals surface area contributed by atoms with Gasteiger partial charge in [0.15, 0.2) is 0 Å². The number of hydrogen-bond acceptors (Lipinski definition) is 3. The van der Waals surface area contributed by atoms with Gasteiger partial charge in [-0.3, -0.25) is 4.79 Å². The van der Waals surface area contributed by atoms with Crippen LogP contribution in [0.4, 0.5) is 5.69 Å². The molecule has 1 heterocycles. The fraction of sp³-hybridized carbons (Fsp3) is 0.154.